The van der Waals surface area contributed by atoms with E-state index in [-0.39, 0.29) is 12.3 Å². The monoisotopic (exact) mass is 608 g/mol. The highest BCUT2D eigenvalue weighted by atomic mass is 19.1. The Hall–Kier alpha value is -5.62. The lowest BCUT2D eigenvalue weighted by Crippen LogP contribution is -2.09. The number of aromatic nitrogens is 4. The molecular formula is C36H38F2N6O. The van der Waals surface area contributed by atoms with Crippen molar-refractivity contribution in [2.45, 2.75) is 33.6 Å². The lowest BCUT2D eigenvalue weighted by molar-refractivity contribution is -0.115. The molecule has 7 nitrogen and oxygen atoms in total. The highest BCUT2D eigenvalue weighted by molar-refractivity contribution is 5.94. The number of carbonyl (C=O) groups excluding carboxylic acids is 1. The average Bonchev–Trinajstić information content (AvgIpc) is 3.45. The van der Waals surface area contributed by atoms with Gasteiger partial charge in [0.1, 0.15) is 12.4 Å². The molecule has 2 N–H and O–H groups in total. The van der Waals surface area contributed by atoms with Crippen molar-refractivity contribution in [1.82, 2.24) is 19.6 Å². The van der Waals surface area contributed by atoms with Gasteiger partial charge >= 0.3 is 0 Å². The molecule has 0 fully saturated rings. The fourth-order valence-electron chi connectivity index (χ4n) is 3.83. The first-order valence-corrected chi connectivity index (χ1v) is 14.3. The molecule has 0 bridgehead atoms. The maximum absolute atomic E-state index is 12.3. The van der Waals surface area contributed by atoms with E-state index in [4.69, 9.17) is 16.5 Å². The van der Waals surface area contributed by atoms with Crippen molar-refractivity contribution in [3.63, 3.8) is 0 Å². The number of nitrogens with zero attached hydrogens (tertiary/aromatic N) is 4. The standard InChI is InChI=1S/C29H27FN6O.C5H5F.C2H6/c1-3-4-5-11-21(2)32-29-31-18-16-24(34-29)27-25-14-7-9-19-36(25)35-28(27)22-12-10-13-23(20-22)33-26(37)15-6-8-17-30;1-2-3-4-5-6;1-2/h3-14,16,18-20H,1,15,17H2,2H3,(H,33,37)(H,31,32,34);1,4-5H,3H2;1-2H3/b5-4-,8-6+,21-11+;5-4+;. The number of nitrogens with one attached hydrogen (secondary N) is 2. The number of hydrogen-bond acceptors (Lipinski definition) is 5. The molecule has 0 atom stereocenters. The fourth-order valence-corrected chi connectivity index (χ4v) is 3.83. The predicted molar refractivity (Wildman–Crippen MR) is 182 cm³/mol. The minimum absolute atomic E-state index is 0.0989. The van der Waals surface area contributed by atoms with E-state index in [1.807, 2.05) is 87.7 Å². The zero-order valence-corrected chi connectivity index (χ0v) is 25.8. The molecule has 0 saturated heterocycles. The summed E-state index contributed by atoms with van der Waals surface area (Å²) in [6.07, 6.45) is 20.7. The number of pyridine rings is 1. The van der Waals surface area contributed by atoms with Crippen LogP contribution in [0.15, 0.2) is 122 Å². The summed E-state index contributed by atoms with van der Waals surface area (Å²) < 4.78 is 25.0. The molecule has 0 saturated carbocycles. The second kappa shape index (κ2) is 20.3. The maximum Gasteiger partial charge on any atom is 0.228 e. The molecule has 0 unspecified atom stereocenters. The number of hydrogen-bond donors (Lipinski definition) is 2. The van der Waals surface area contributed by atoms with Gasteiger partial charge in [0.2, 0.25) is 11.9 Å². The molecule has 232 valence electrons. The number of amides is 1. The van der Waals surface area contributed by atoms with E-state index in [1.54, 1.807) is 22.9 Å². The van der Waals surface area contributed by atoms with Crippen LogP contribution in [0.5, 0.6) is 0 Å². The van der Waals surface area contributed by atoms with Gasteiger partial charge in [-0.1, -0.05) is 69.0 Å². The first-order chi connectivity index (χ1) is 22.0. The van der Waals surface area contributed by atoms with E-state index < -0.39 is 6.67 Å². The summed E-state index contributed by atoms with van der Waals surface area (Å²) >= 11 is 0. The number of allylic oxidation sites excluding steroid dienone is 7. The van der Waals surface area contributed by atoms with Crippen LogP contribution in [-0.2, 0) is 4.79 Å². The van der Waals surface area contributed by atoms with Crippen LogP contribution in [0.2, 0.25) is 0 Å². The summed E-state index contributed by atoms with van der Waals surface area (Å²) in [7, 11) is 0. The smallest absolute Gasteiger partial charge is 0.228 e. The van der Waals surface area contributed by atoms with Crippen LogP contribution in [0.1, 0.15) is 33.6 Å². The molecule has 0 spiro atoms. The highest BCUT2D eigenvalue weighted by Gasteiger charge is 2.18. The molecular weight excluding hydrogens is 570 g/mol. The van der Waals surface area contributed by atoms with Gasteiger partial charge < -0.3 is 10.6 Å². The Morgan fingerprint density at radius 2 is 1.91 bits per heavy atom. The van der Waals surface area contributed by atoms with Crippen molar-refractivity contribution < 1.29 is 13.6 Å². The molecule has 4 rings (SSSR count). The van der Waals surface area contributed by atoms with Crippen LogP contribution in [0.3, 0.4) is 0 Å². The Morgan fingerprint density at radius 1 is 1.09 bits per heavy atom. The van der Waals surface area contributed by atoms with Gasteiger partial charge in [-0.05, 0) is 49.4 Å². The highest BCUT2D eigenvalue weighted by Crippen LogP contribution is 2.35. The van der Waals surface area contributed by atoms with Crippen LogP contribution >= 0.6 is 0 Å². The van der Waals surface area contributed by atoms with E-state index in [0.29, 0.717) is 35.8 Å². The van der Waals surface area contributed by atoms with Gasteiger partial charge in [-0.25, -0.2) is 23.3 Å². The van der Waals surface area contributed by atoms with Gasteiger partial charge in [0.15, 0.2) is 0 Å². The molecule has 4 aromatic rings. The maximum atomic E-state index is 12.3. The third-order valence-corrected chi connectivity index (χ3v) is 5.66. The first-order valence-electron chi connectivity index (χ1n) is 14.3. The van der Waals surface area contributed by atoms with Crippen LogP contribution in [0.4, 0.5) is 20.4 Å². The van der Waals surface area contributed by atoms with Crippen LogP contribution < -0.4 is 10.6 Å². The second-order valence-electron chi connectivity index (χ2n) is 8.84. The van der Waals surface area contributed by atoms with Gasteiger partial charge in [0.05, 0.1) is 23.1 Å². The predicted octanol–water partition coefficient (Wildman–Crippen LogP) is 8.89. The molecule has 9 heteroatoms. The Morgan fingerprint density at radius 3 is 2.62 bits per heavy atom. The molecule has 1 amide bonds. The number of halogens is 2. The quantitative estimate of drug-likeness (QED) is 0.101. The molecule has 0 aliphatic heterocycles. The lowest BCUT2D eigenvalue weighted by Gasteiger charge is -2.09. The number of terminal acetylenes is 1. The van der Waals surface area contributed by atoms with Crippen molar-refractivity contribution in [3.8, 4) is 34.9 Å². The summed E-state index contributed by atoms with van der Waals surface area (Å²) in [5.41, 5.74) is 5.45. The molecule has 0 aliphatic rings. The Labute approximate surface area is 263 Å². The van der Waals surface area contributed by atoms with Crippen molar-refractivity contribution in [1.29, 1.82) is 0 Å². The number of rotatable bonds is 11. The number of anilines is 2. The molecule has 3 aromatic heterocycles. The van der Waals surface area contributed by atoms with E-state index in [9.17, 15) is 13.6 Å². The van der Waals surface area contributed by atoms with Gasteiger partial charge in [-0.3, -0.25) is 4.79 Å². The third kappa shape index (κ3) is 11.5. The number of carbonyl (C=O) groups is 1. The zero-order chi connectivity index (χ0) is 32.9. The van der Waals surface area contributed by atoms with Crippen LogP contribution in [0, 0.1) is 12.3 Å². The van der Waals surface area contributed by atoms with Crippen LogP contribution in [-0.4, -0.2) is 32.2 Å². The van der Waals surface area contributed by atoms with Gasteiger partial charge in [0.25, 0.3) is 0 Å². The number of benzene rings is 1. The van der Waals surface area contributed by atoms with Crippen molar-refractivity contribution >= 4 is 23.1 Å². The normalized spacial score (nSPS) is 11.1. The topological polar surface area (TPSA) is 84.2 Å². The van der Waals surface area contributed by atoms with E-state index in [2.05, 4.69) is 28.1 Å². The van der Waals surface area contributed by atoms with Crippen LogP contribution in [0.25, 0.3) is 28.0 Å². The van der Waals surface area contributed by atoms with Gasteiger partial charge in [-0.15, -0.1) is 12.3 Å². The van der Waals surface area contributed by atoms with Crippen molar-refractivity contribution in [2.75, 3.05) is 17.3 Å². The Bertz CT molecular complexity index is 1700. The minimum atomic E-state index is -0.595. The minimum Gasteiger partial charge on any atom is -0.328 e. The largest absolute Gasteiger partial charge is 0.328 e. The molecule has 3 heterocycles. The third-order valence-electron chi connectivity index (χ3n) is 5.66. The summed E-state index contributed by atoms with van der Waals surface area (Å²) in [6, 6.07) is 15.1. The molecule has 0 aliphatic carbocycles. The molecule has 45 heavy (non-hydrogen) atoms. The van der Waals surface area contributed by atoms with E-state index >= 15 is 0 Å². The second-order valence-corrected chi connectivity index (χ2v) is 8.84. The molecule has 1 aromatic carbocycles. The lowest BCUT2D eigenvalue weighted by atomic mass is 10.0. The average molecular weight is 609 g/mol. The fraction of sp³-hybridized carbons (Fsp3) is 0.167. The SMILES string of the molecule is C#CC/C=C/F.C=C/C=C\C=C(/C)Nc1nccc(-c2c(-c3cccc(NC(=O)C/C=C/CF)c3)nn3ccccc23)n1.CC. The first kappa shape index (κ1) is 35.6. The van der Waals surface area contributed by atoms with Crippen molar-refractivity contribution in [2.24, 2.45) is 0 Å². The van der Waals surface area contributed by atoms with Gasteiger partial charge in [0, 0.05) is 42.2 Å². The number of fused-ring (bicyclic) bond motifs is 1. The van der Waals surface area contributed by atoms with Gasteiger partial charge in [-0.2, -0.15) is 5.10 Å². The summed E-state index contributed by atoms with van der Waals surface area (Å²) in [4.78, 5) is 21.4. The van der Waals surface area contributed by atoms with E-state index in [1.165, 1.54) is 18.2 Å². The summed E-state index contributed by atoms with van der Waals surface area (Å²) in [6.45, 7) is 9.00. The Balaban J connectivity index is 0.000000790. The number of alkyl halides is 1. The van der Waals surface area contributed by atoms with E-state index in [0.717, 1.165) is 22.3 Å². The Kier molecular flexibility index (Phi) is 16.1. The van der Waals surface area contributed by atoms with Crippen molar-refractivity contribution in [3.05, 3.63) is 122 Å². The zero-order valence-electron chi connectivity index (χ0n) is 25.8. The summed E-state index contributed by atoms with van der Waals surface area (Å²) in [5.74, 6) is 2.47. The molecule has 0 radical (unpaired) electrons. The summed E-state index contributed by atoms with van der Waals surface area (Å²) in [5, 5.41) is 10.9.